The molecule has 0 saturated heterocycles. The van der Waals surface area contributed by atoms with Crippen LogP contribution in [0.4, 0.5) is 4.79 Å². The number of carbonyl (C=O) groups is 3. The second-order valence-electron chi connectivity index (χ2n) is 4.47. The van der Waals surface area contributed by atoms with E-state index in [0.29, 0.717) is 0 Å². The van der Waals surface area contributed by atoms with Gasteiger partial charge in [0, 0.05) is 13.0 Å². The van der Waals surface area contributed by atoms with Gasteiger partial charge < -0.3 is 18.9 Å². The minimum atomic E-state index is -0.966. The van der Waals surface area contributed by atoms with E-state index in [1.54, 1.807) is 20.8 Å². The van der Waals surface area contributed by atoms with Gasteiger partial charge in [0.25, 0.3) is 0 Å². The van der Waals surface area contributed by atoms with Crippen LogP contribution in [0.25, 0.3) is 0 Å². The molecule has 0 aromatic heterocycles. The molecule has 1 rings (SSSR count). The van der Waals surface area contributed by atoms with Crippen molar-refractivity contribution in [1.29, 1.82) is 0 Å². The lowest BCUT2D eigenvalue weighted by molar-refractivity contribution is -0.151. The topological polar surface area (TPSA) is 104 Å². The van der Waals surface area contributed by atoms with Crippen molar-refractivity contribution in [3.8, 4) is 0 Å². The molecule has 0 radical (unpaired) electrons. The Morgan fingerprint density at radius 2 is 1.78 bits per heavy atom. The molecule has 0 aromatic rings. The Kier molecular flexibility index (Phi) is 7.46. The molecular formula is C14H22N2O7. The van der Waals surface area contributed by atoms with Gasteiger partial charge in [-0.25, -0.2) is 9.59 Å². The highest BCUT2D eigenvalue weighted by atomic mass is 16.6. The van der Waals surface area contributed by atoms with E-state index in [9.17, 15) is 14.4 Å². The maximum absolute atomic E-state index is 12.1. The van der Waals surface area contributed by atoms with Gasteiger partial charge in [-0.1, -0.05) is 0 Å². The minimum Gasteiger partial charge on any atom is -0.465 e. The van der Waals surface area contributed by atoms with Gasteiger partial charge in [-0.2, -0.15) is 10.1 Å². The first-order chi connectivity index (χ1) is 11.0. The highest BCUT2D eigenvalue weighted by Gasteiger charge is 2.42. The van der Waals surface area contributed by atoms with Gasteiger partial charge in [0.05, 0.1) is 20.3 Å². The number of hydrogen-bond acceptors (Lipinski definition) is 8. The number of esters is 2. The standard InChI is InChI=1S/C14H22N2O7/c1-5-21-10-8-9(12(17)22-6-2)11(13(18)23-7-3)15-16(10)14(19)20-4/h9-10H,5-8H2,1-4H3/t9?,10-/m0/s1. The van der Waals surface area contributed by atoms with Crippen molar-refractivity contribution in [3.05, 3.63) is 0 Å². The summed E-state index contributed by atoms with van der Waals surface area (Å²) in [6.45, 7) is 5.58. The Bertz CT molecular complexity index is 478. The summed E-state index contributed by atoms with van der Waals surface area (Å²) >= 11 is 0. The van der Waals surface area contributed by atoms with Crippen LogP contribution in [-0.2, 0) is 28.5 Å². The van der Waals surface area contributed by atoms with Gasteiger partial charge in [-0.3, -0.25) is 4.79 Å². The second-order valence-corrected chi connectivity index (χ2v) is 4.47. The highest BCUT2D eigenvalue weighted by Crippen LogP contribution is 2.25. The first-order valence-corrected chi connectivity index (χ1v) is 7.41. The molecule has 1 aliphatic rings. The monoisotopic (exact) mass is 330 g/mol. The highest BCUT2D eigenvalue weighted by molar-refractivity contribution is 6.40. The van der Waals surface area contributed by atoms with Gasteiger partial charge in [0.1, 0.15) is 5.92 Å². The Morgan fingerprint density at radius 1 is 1.13 bits per heavy atom. The van der Waals surface area contributed by atoms with Gasteiger partial charge in [-0.05, 0) is 20.8 Å². The molecule has 0 aromatic carbocycles. The maximum Gasteiger partial charge on any atom is 0.432 e. The van der Waals surface area contributed by atoms with Crippen LogP contribution in [-0.4, -0.2) is 61.9 Å². The van der Waals surface area contributed by atoms with Crippen molar-refractivity contribution in [2.45, 2.75) is 33.4 Å². The van der Waals surface area contributed by atoms with E-state index in [-0.39, 0.29) is 32.0 Å². The number of hydrazone groups is 1. The average Bonchev–Trinajstić information content (AvgIpc) is 2.54. The lowest BCUT2D eigenvalue weighted by atomic mass is 9.96. The van der Waals surface area contributed by atoms with Crippen molar-refractivity contribution in [1.82, 2.24) is 5.01 Å². The molecule has 0 saturated carbocycles. The SMILES string of the molecule is CCOC(=O)C1=NN(C(=O)OC)[C@@H](OCC)CC1C(=O)OCC. The lowest BCUT2D eigenvalue weighted by Gasteiger charge is -2.33. The van der Waals surface area contributed by atoms with E-state index in [1.165, 1.54) is 7.11 Å². The normalized spacial score (nSPS) is 20.5. The largest absolute Gasteiger partial charge is 0.465 e. The number of methoxy groups -OCH3 is 1. The predicted octanol–water partition coefficient (Wildman–Crippen LogP) is 0.919. The van der Waals surface area contributed by atoms with Crippen LogP contribution >= 0.6 is 0 Å². The summed E-state index contributed by atoms with van der Waals surface area (Å²) in [4.78, 5) is 36.0. The number of nitrogens with zero attached hydrogens (tertiary/aromatic N) is 2. The second kappa shape index (κ2) is 9.09. The molecule has 9 nitrogen and oxygen atoms in total. The Morgan fingerprint density at radius 3 is 2.30 bits per heavy atom. The van der Waals surface area contributed by atoms with E-state index in [4.69, 9.17) is 14.2 Å². The number of amides is 1. The molecule has 0 spiro atoms. The fraction of sp³-hybridized carbons (Fsp3) is 0.714. The molecule has 23 heavy (non-hydrogen) atoms. The van der Waals surface area contributed by atoms with Crippen molar-refractivity contribution in [3.63, 3.8) is 0 Å². The van der Waals surface area contributed by atoms with Gasteiger partial charge >= 0.3 is 18.0 Å². The third-order valence-electron chi connectivity index (χ3n) is 3.03. The zero-order valence-corrected chi connectivity index (χ0v) is 13.7. The Labute approximate surface area is 134 Å². The predicted molar refractivity (Wildman–Crippen MR) is 78.5 cm³/mol. The van der Waals surface area contributed by atoms with Crippen LogP contribution in [0.15, 0.2) is 5.10 Å². The summed E-state index contributed by atoms with van der Waals surface area (Å²) < 4.78 is 19.9. The van der Waals surface area contributed by atoms with E-state index < -0.39 is 30.2 Å². The summed E-state index contributed by atoms with van der Waals surface area (Å²) in [6.07, 6.45) is -1.60. The molecule has 2 atom stereocenters. The number of hydrogen-bond donors (Lipinski definition) is 0. The minimum absolute atomic E-state index is 0.0272. The molecule has 0 aliphatic carbocycles. The molecule has 1 aliphatic heterocycles. The summed E-state index contributed by atoms with van der Waals surface area (Å²) in [7, 11) is 1.18. The van der Waals surface area contributed by atoms with Gasteiger partial charge in [-0.15, -0.1) is 0 Å². The summed E-state index contributed by atoms with van der Waals surface area (Å²) in [5.74, 6) is -2.37. The molecule has 1 amide bonds. The van der Waals surface area contributed by atoms with Crippen molar-refractivity contribution in [2.24, 2.45) is 11.0 Å². The van der Waals surface area contributed by atoms with Gasteiger partial charge in [0.15, 0.2) is 11.9 Å². The molecule has 9 heteroatoms. The molecule has 130 valence electrons. The molecule has 1 unspecified atom stereocenters. The number of rotatable bonds is 6. The average molecular weight is 330 g/mol. The van der Waals surface area contributed by atoms with Crippen LogP contribution in [0.1, 0.15) is 27.2 Å². The number of ether oxygens (including phenoxy) is 4. The van der Waals surface area contributed by atoms with E-state index in [0.717, 1.165) is 5.01 Å². The number of carbonyl (C=O) groups excluding carboxylic acids is 3. The molecule has 0 fully saturated rings. The Balaban J connectivity index is 3.20. The lowest BCUT2D eigenvalue weighted by Crippen LogP contribution is -2.49. The molecule has 1 heterocycles. The van der Waals surface area contributed by atoms with E-state index in [2.05, 4.69) is 9.84 Å². The first-order valence-electron chi connectivity index (χ1n) is 7.41. The van der Waals surface area contributed by atoms with Crippen molar-refractivity contribution >= 4 is 23.7 Å². The quantitative estimate of drug-likeness (QED) is 0.527. The summed E-state index contributed by atoms with van der Waals surface area (Å²) in [5.41, 5.74) is -0.202. The summed E-state index contributed by atoms with van der Waals surface area (Å²) in [5, 5.41) is 4.83. The van der Waals surface area contributed by atoms with Gasteiger partial charge in [0.2, 0.25) is 0 Å². The smallest absolute Gasteiger partial charge is 0.432 e. The van der Waals surface area contributed by atoms with E-state index in [1.807, 2.05) is 0 Å². The zero-order chi connectivity index (χ0) is 17.4. The van der Waals surface area contributed by atoms with Crippen LogP contribution < -0.4 is 0 Å². The van der Waals surface area contributed by atoms with Crippen molar-refractivity contribution in [2.75, 3.05) is 26.9 Å². The maximum atomic E-state index is 12.1. The third kappa shape index (κ3) is 4.65. The van der Waals surface area contributed by atoms with Crippen LogP contribution in [0, 0.1) is 5.92 Å². The first kappa shape index (κ1) is 18.9. The van der Waals surface area contributed by atoms with E-state index >= 15 is 0 Å². The van der Waals surface area contributed by atoms with Crippen LogP contribution in [0.2, 0.25) is 0 Å². The van der Waals surface area contributed by atoms with Crippen LogP contribution in [0.5, 0.6) is 0 Å². The summed E-state index contributed by atoms with van der Waals surface area (Å²) in [6, 6.07) is 0. The molecular weight excluding hydrogens is 308 g/mol. The fourth-order valence-corrected chi connectivity index (χ4v) is 2.09. The zero-order valence-electron chi connectivity index (χ0n) is 13.7. The van der Waals surface area contributed by atoms with Crippen LogP contribution in [0.3, 0.4) is 0 Å². The fourth-order valence-electron chi connectivity index (χ4n) is 2.09. The molecule has 0 bridgehead atoms. The Hall–Kier alpha value is -2.16. The third-order valence-corrected chi connectivity index (χ3v) is 3.03. The molecule has 0 N–H and O–H groups in total. The van der Waals surface area contributed by atoms with Crippen molar-refractivity contribution < 1.29 is 33.3 Å².